The van der Waals surface area contributed by atoms with Crippen molar-refractivity contribution >= 4 is 11.9 Å². The van der Waals surface area contributed by atoms with Gasteiger partial charge in [-0.05, 0) is 54.8 Å². The minimum Gasteiger partial charge on any atom is -0.465 e. The molecule has 0 aliphatic heterocycles. The van der Waals surface area contributed by atoms with Crippen LogP contribution in [0.15, 0.2) is 42.5 Å². The predicted octanol–water partition coefficient (Wildman–Crippen LogP) is 3.02. The quantitative estimate of drug-likeness (QED) is 0.883. The molecule has 4 nitrogen and oxygen atoms in total. The first-order valence-corrected chi connectivity index (χ1v) is 7.04. The zero-order chi connectivity index (χ0) is 16.1. The number of hydrogen-bond acceptors (Lipinski definition) is 3. The van der Waals surface area contributed by atoms with Crippen molar-refractivity contribution in [3.05, 3.63) is 70.3 Å². The maximum absolute atomic E-state index is 12.1. The van der Waals surface area contributed by atoms with E-state index < -0.39 is 0 Å². The maximum Gasteiger partial charge on any atom is 0.337 e. The summed E-state index contributed by atoms with van der Waals surface area (Å²) < 4.78 is 4.64. The zero-order valence-corrected chi connectivity index (χ0v) is 13.0. The Labute approximate surface area is 130 Å². The molecule has 2 aromatic rings. The summed E-state index contributed by atoms with van der Waals surface area (Å²) in [6.45, 7) is 4.41. The molecule has 0 radical (unpaired) electrons. The van der Waals surface area contributed by atoms with Gasteiger partial charge in [0.15, 0.2) is 0 Å². The average molecular weight is 297 g/mol. The molecular formula is C18H19NO3. The average Bonchev–Trinajstić information content (AvgIpc) is 2.54. The summed E-state index contributed by atoms with van der Waals surface area (Å²) in [6, 6.07) is 12.6. The lowest BCUT2D eigenvalue weighted by atomic mass is 10.1. The van der Waals surface area contributed by atoms with Crippen molar-refractivity contribution < 1.29 is 14.3 Å². The van der Waals surface area contributed by atoms with Crippen molar-refractivity contribution in [2.24, 2.45) is 0 Å². The summed E-state index contributed by atoms with van der Waals surface area (Å²) in [4.78, 5) is 23.5. The van der Waals surface area contributed by atoms with Crippen LogP contribution in [-0.4, -0.2) is 19.0 Å². The van der Waals surface area contributed by atoms with Crippen LogP contribution in [0.1, 0.15) is 37.4 Å². The lowest BCUT2D eigenvalue weighted by Gasteiger charge is -2.08. The summed E-state index contributed by atoms with van der Waals surface area (Å²) in [5.74, 6) is -0.481. The third kappa shape index (κ3) is 3.73. The number of carbonyl (C=O) groups excluding carboxylic acids is 2. The Balaban J connectivity index is 1.98. The fourth-order valence-corrected chi connectivity index (χ4v) is 2.04. The smallest absolute Gasteiger partial charge is 0.337 e. The van der Waals surface area contributed by atoms with E-state index in [-0.39, 0.29) is 11.9 Å². The van der Waals surface area contributed by atoms with E-state index in [2.05, 4.69) is 10.1 Å². The lowest BCUT2D eigenvalue weighted by Crippen LogP contribution is -2.22. The van der Waals surface area contributed by atoms with Gasteiger partial charge in [-0.1, -0.05) is 18.2 Å². The van der Waals surface area contributed by atoms with E-state index in [4.69, 9.17) is 0 Å². The molecule has 0 heterocycles. The van der Waals surface area contributed by atoms with Crippen molar-refractivity contribution in [2.75, 3.05) is 7.11 Å². The van der Waals surface area contributed by atoms with E-state index in [1.807, 2.05) is 32.0 Å². The SMILES string of the molecule is COC(=O)c1ccc(CNC(=O)c2ccc(C)c(C)c2)cc1. The fourth-order valence-electron chi connectivity index (χ4n) is 2.04. The van der Waals surface area contributed by atoms with Gasteiger partial charge in [0.05, 0.1) is 12.7 Å². The van der Waals surface area contributed by atoms with Gasteiger partial charge in [-0.2, -0.15) is 0 Å². The highest BCUT2D eigenvalue weighted by molar-refractivity contribution is 5.94. The Morgan fingerprint density at radius 1 is 0.955 bits per heavy atom. The van der Waals surface area contributed by atoms with Crippen LogP contribution >= 0.6 is 0 Å². The van der Waals surface area contributed by atoms with Crippen molar-refractivity contribution in [2.45, 2.75) is 20.4 Å². The third-order valence-electron chi connectivity index (χ3n) is 3.60. The van der Waals surface area contributed by atoms with E-state index in [9.17, 15) is 9.59 Å². The fraction of sp³-hybridized carbons (Fsp3) is 0.222. The molecule has 2 aromatic carbocycles. The van der Waals surface area contributed by atoms with Crippen molar-refractivity contribution in [1.29, 1.82) is 0 Å². The molecule has 1 amide bonds. The maximum atomic E-state index is 12.1. The highest BCUT2D eigenvalue weighted by Gasteiger charge is 2.07. The minimum absolute atomic E-state index is 0.111. The Bertz CT molecular complexity index is 690. The van der Waals surface area contributed by atoms with Crippen LogP contribution < -0.4 is 5.32 Å². The molecule has 0 aromatic heterocycles. The number of benzene rings is 2. The summed E-state index contributed by atoms with van der Waals surface area (Å²) in [5.41, 5.74) is 4.32. The molecule has 0 spiro atoms. The Morgan fingerprint density at radius 2 is 1.59 bits per heavy atom. The molecule has 22 heavy (non-hydrogen) atoms. The molecule has 1 N–H and O–H groups in total. The lowest BCUT2D eigenvalue weighted by molar-refractivity contribution is 0.0600. The second-order valence-corrected chi connectivity index (χ2v) is 5.17. The standard InChI is InChI=1S/C18H19NO3/c1-12-4-7-16(10-13(12)2)17(20)19-11-14-5-8-15(9-6-14)18(21)22-3/h4-10H,11H2,1-3H3,(H,19,20). The van der Waals surface area contributed by atoms with Crippen LogP contribution in [0.3, 0.4) is 0 Å². The van der Waals surface area contributed by atoms with Gasteiger partial charge in [-0.3, -0.25) is 4.79 Å². The van der Waals surface area contributed by atoms with Gasteiger partial charge < -0.3 is 10.1 Å². The monoisotopic (exact) mass is 297 g/mol. The highest BCUT2D eigenvalue weighted by atomic mass is 16.5. The van der Waals surface area contributed by atoms with Gasteiger partial charge >= 0.3 is 5.97 Å². The molecule has 0 fully saturated rings. The van der Waals surface area contributed by atoms with Gasteiger partial charge in [0.25, 0.3) is 5.91 Å². The summed E-state index contributed by atoms with van der Waals surface area (Å²) >= 11 is 0. The van der Waals surface area contributed by atoms with E-state index in [1.54, 1.807) is 24.3 Å². The van der Waals surface area contributed by atoms with Crippen molar-refractivity contribution in [3.8, 4) is 0 Å². The summed E-state index contributed by atoms with van der Waals surface area (Å²) in [6.07, 6.45) is 0. The van der Waals surface area contributed by atoms with Gasteiger partial charge in [0, 0.05) is 12.1 Å². The number of nitrogens with one attached hydrogen (secondary N) is 1. The second-order valence-electron chi connectivity index (χ2n) is 5.17. The largest absolute Gasteiger partial charge is 0.465 e. The van der Waals surface area contributed by atoms with Gasteiger partial charge in [-0.25, -0.2) is 4.79 Å². The van der Waals surface area contributed by atoms with E-state index in [0.717, 1.165) is 16.7 Å². The first-order valence-electron chi connectivity index (χ1n) is 7.04. The van der Waals surface area contributed by atoms with Crippen LogP contribution in [0.4, 0.5) is 0 Å². The minimum atomic E-state index is -0.370. The third-order valence-corrected chi connectivity index (χ3v) is 3.60. The van der Waals surface area contributed by atoms with E-state index in [1.165, 1.54) is 7.11 Å². The molecule has 0 bridgehead atoms. The number of rotatable bonds is 4. The molecular weight excluding hydrogens is 278 g/mol. The molecule has 4 heteroatoms. The van der Waals surface area contributed by atoms with Crippen LogP contribution in [-0.2, 0) is 11.3 Å². The number of esters is 1. The van der Waals surface area contributed by atoms with E-state index in [0.29, 0.717) is 17.7 Å². The Kier molecular flexibility index (Phi) is 4.94. The number of methoxy groups -OCH3 is 1. The van der Waals surface area contributed by atoms with Crippen molar-refractivity contribution in [3.63, 3.8) is 0 Å². The van der Waals surface area contributed by atoms with Crippen molar-refractivity contribution in [1.82, 2.24) is 5.32 Å². The molecule has 0 saturated carbocycles. The first kappa shape index (κ1) is 15.8. The van der Waals surface area contributed by atoms with Crippen LogP contribution in [0.25, 0.3) is 0 Å². The molecule has 0 unspecified atom stereocenters. The van der Waals surface area contributed by atoms with Crippen LogP contribution in [0.2, 0.25) is 0 Å². The van der Waals surface area contributed by atoms with Crippen LogP contribution in [0.5, 0.6) is 0 Å². The number of hydrogen-bond donors (Lipinski definition) is 1. The highest BCUT2D eigenvalue weighted by Crippen LogP contribution is 2.10. The first-order chi connectivity index (χ1) is 10.5. The number of carbonyl (C=O) groups is 2. The Hall–Kier alpha value is -2.62. The van der Waals surface area contributed by atoms with Gasteiger partial charge in [0.1, 0.15) is 0 Å². The molecule has 2 rings (SSSR count). The second kappa shape index (κ2) is 6.89. The van der Waals surface area contributed by atoms with Crippen LogP contribution in [0, 0.1) is 13.8 Å². The van der Waals surface area contributed by atoms with Gasteiger partial charge in [0.2, 0.25) is 0 Å². The number of aryl methyl sites for hydroxylation is 2. The Morgan fingerprint density at radius 3 is 2.18 bits per heavy atom. The predicted molar refractivity (Wildman–Crippen MR) is 84.9 cm³/mol. The zero-order valence-electron chi connectivity index (χ0n) is 13.0. The van der Waals surface area contributed by atoms with E-state index >= 15 is 0 Å². The topological polar surface area (TPSA) is 55.4 Å². The molecule has 0 atom stereocenters. The summed E-state index contributed by atoms with van der Waals surface area (Å²) in [5, 5.41) is 2.87. The normalized spacial score (nSPS) is 10.1. The molecule has 0 aliphatic rings. The van der Waals surface area contributed by atoms with Gasteiger partial charge in [-0.15, -0.1) is 0 Å². The number of ether oxygens (including phenoxy) is 1. The number of amides is 1. The molecule has 0 saturated heterocycles. The molecule has 114 valence electrons. The molecule has 0 aliphatic carbocycles. The summed E-state index contributed by atoms with van der Waals surface area (Å²) in [7, 11) is 1.35.